The normalized spacial score (nSPS) is 13.4. The van der Waals surface area contributed by atoms with Crippen molar-refractivity contribution in [2.45, 2.75) is 56.7 Å². The molecule has 11 nitrogen and oxygen atoms in total. The Morgan fingerprint density at radius 3 is 2.19 bits per heavy atom. The van der Waals surface area contributed by atoms with E-state index in [4.69, 9.17) is 22.9 Å². The number of carboxylic acid groups (broad SMARTS) is 1. The van der Waals surface area contributed by atoms with Crippen molar-refractivity contribution in [3.8, 4) is 0 Å². The second kappa shape index (κ2) is 14.8. The van der Waals surface area contributed by atoms with E-state index in [1.54, 1.807) is 0 Å². The zero-order valence-corrected chi connectivity index (χ0v) is 18.2. The molecule has 0 heterocycles. The number of amides is 2. The van der Waals surface area contributed by atoms with Gasteiger partial charge in [-0.05, 0) is 37.8 Å². The fourth-order valence-corrected chi connectivity index (χ4v) is 3.01. The Bertz CT molecular complexity index is 754. The summed E-state index contributed by atoms with van der Waals surface area (Å²) in [7, 11) is 0. The van der Waals surface area contributed by atoms with Crippen LogP contribution in [0.2, 0.25) is 0 Å². The van der Waals surface area contributed by atoms with Gasteiger partial charge >= 0.3 is 5.97 Å². The van der Waals surface area contributed by atoms with Crippen LogP contribution in [0.1, 0.15) is 37.7 Å². The molecule has 1 rings (SSSR count). The maximum absolute atomic E-state index is 12.9. The molecule has 178 valence electrons. The molecule has 0 spiro atoms. The molecule has 0 fully saturated rings. The Morgan fingerprint density at radius 1 is 0.938 bits per heavy atom. The highest BCUT2D eigenvalue weighted by atomic mass is 16.4. The highest BCUT2D eigenvalue weighted by Gasteiger charge is 2.28. The van der Waals surface area contributed by atoms with E-state index in [1.807, 2.05) is 30.3 Å². The van der Waals surface area contributed by atoms with Crippen LogP contribution >= 0.6 is 0 Å². The van der Waals surface area contributed by atoms with Gasteiger partial charge in [-0.15, -0.1) is 0 Å². The van der Waals surface area contributed by atoms with Crippen LogP contribution in [0.5, 0.6) is 0 Å². The second-order valence-electron chi connectivity index (χ2n) is 7.49. The highest BCUT2D eigenvalue weighted by molar-refractivity contribution is 5.92. The second-order valence-corrected chi connectivity index (χ2v) is 7.49. The third-order valence-corrected chi connectivity index (χ3v) is 4.78. The highest BCUT2D eigenvalue weighted by Crippen LogP contribution is 2.07. The number of nitrogens with two attached hydrogens (primary N) is 4. The average Bonchev–Trinajstić information content (AvgIpc) is 2.75. The lowest BCUT2D eigenvalue weighted by molar-refractivity contribution is -0.142. The third-order valence-electron chi connectivity index (χ3n) is 4.78. The van der Waals surface area contributed by atoms with Crippen LogP contribution in [0, 0.1) is 0 Å². The number of aliphatic carboxylic acids is 1. The van der Waals surface area contributed by atoms with Gasteiger partial charge in [0.05, 0.1) is 6.04 Å². The number of aliphatic imine (C=N–C) groups is 1. The zero-order valence-electron chi connectivity index (χ0n) is 18.2. The summed E-state index contributed by atoms with van der Waals surface area (Å²) < 4.78 is 0. The van der Waals surface area contributed by atoms with Crippen LogP contribution < -0.4 is 33.6 Å². The molecule has 0 saturated heterocycles. The number of nitrogens with one attached hydrogen (secondary N) is 2. The van der Waals surface area contributed by atoms with Gasteiger partial charge in [0, 0.05) is 13.0 Å². The summed E-state index contributed by atoms with van der Waals surface area (Å²) in [5.41, 5.74) is 22.7. The lowest BCUT2D eigenvalue weighted by Gasteiger charge is -2.23. The molecular weight excluding hydrogens is 414 g/mol. The Balaban J connectivity index is 2.84. The van der Waals surface area contributed by atoms with Crippen LogP contribution in [-0.2, 0) is 20.8 Å². The summed E-state index contributed by atoms with van der Waals surface area (Å²) in [5.74, 6) is -2.36. The molecule has 0 aliphatic heterocycles. The van der Waals surface area contributed by atoms with Gasteiger partial charge in [-0.25, -0.2) is 4.79 Å². The SMILES string of the molecule is NCCCC[C@H](N)C(=O)N[C@@H](Cc1ccccc1)C(=O)N[C@@H](CCCN=C(N)N)C(=O)O. The molecule has 1 aromatic rings. The van der Waals surface area contributed by atoms with E-state index >= 15 is 0 Å². The molecule has 2 amide bonds. The first kappa shape index (κ1) is 26.9. The summed E-state index contributed by atoms with van der Waals surface area (Å²) in [5, 5.41) is 14.6. The number of nitrogens with zero attached hydrogens (tertiary/aromatic N) is 1. The summed E-state index contributed by atoms with van der Waals surface area (Å²) in [6.45, 7) is 0.747. The van der Waals surface area contributed by atoms with Crippen molar-refractivity contribution in [3.63, 3.8) is 0 Å². The molecule has 0 radical (unpaired) electrons. The minimum atomic E-state index is -1.19. The third kappa shape index (κ3) is 10.7. The van der Waals surface area contributed by atoms with Gasteiger partial charge in [0.15, 0.2) is 5.96 Å². The number of rotatable bonds is 15. The van der Waals surface area contributed by atoms with Crippen LogP contribution in [-0.4, -0.2) is 60.1 Å². The van der Waals surface area contributed by atoms with Gasteiger partial charge in [0.1, 0.15) is 12.1 Å². The number of carbonyl (C=O) groups is 3. The molecule has 11 N–H and O–H groups in total. The van der Waals surface area contributed by atoms with Crippen molar-refractivity contribution in [2.24, 2.45) is 27.9 Å². The van der Waals surface area contributed by atoms with Crippen molar-refractivity contribution in [1.82, 2.24) is 10.6 Å². The van der Waals surface area contributed by atoms with Crippen LogP contribution in [0.25, 0.3) is 0 Å². The Labute approximate surface area is 188 Å². The first-order valence-corrected chi connectivity index (χ1v) is 10.6. The van der Waals surface area contributed by atoms with E-state index in [1.165, 1.54) is 0 Å². The molecule has 1 aromatic carbocycles. The van der Waals surface area contributed by atoms with E-state index in [0.29, 0.717) is 25.8 Å². The van der Waals surface area contributed by atoms with Crippen molar-refractivity contribution in [1.29, 1.82) is 0 Å². The molecule has 0 unspecified atom stereocenters. The van der Waals surface area contributed by atoms with Crippen molar-refractivity contribution >= 4 is 23.7 Å². The predicted molar refractivity (Wildman–Crippen MR) is 122 cm³/mol. The maximum Gasteiger partial charge on any atom is 0.326 e. The van der Waals surface area contributed by atoms with E-state index in [9.17, 15) is 19.5 Å². The molecule has 3 atom stereocenters. The fourth-order valence-electron chi connectivity index (χ4n) is 3.01. The van der Waals surface area contributed by atoms with E-state index in [0.717, 1.165) is 12.0 Å². The smallest absolute Gasteiger partial charge is 0.326 e. The molecular formula is C21H35N7O4. The largest absolute Gasteiger partial charge is 0.480 e. The lowest BCUT2D eigenvalue weighted by atomic mass is 10.0. The lowest BCUT2D eigenvalue weighted by Crippen LogP contribution is -2.55. The number of carbonyl (C=O) groups excluding carboxylic acids is 2. The van der Waals surface area contributed by atoms with Crippen molar-refractivity contribution < 1.29 is 19.5 Å². The van der Waals surface area contributed by atoms with Crippen molar-refractivity contribution in [3.05, 3.63) is 35.9 Å². The molecule has 11 heteroatoms. The van der Waals surface area contributed by atoms with Gasteiger partial charge in [0.2, 0.25) is 11.8 Å². The minimum absolute atomic E-state index is 0.0886. The average molecular weight is 450 g/mol. The van der Waals surface area contributed by atoms with Gasteiger partial charge in [0.25, 0.3) is 0 Å². The monoisotopic (exact) mass is 449 g/mol. The number of carboxylic acids is 1. The summed E-state index contributed by atoms with van der Waals surface area (Å²) in [6, 6.07) is 6.18. The number of benzene rings is 1. The molecule has 0 aromatic heterocycles. The Morgan fingerprint density at radius 2 is 1.59 bits per heavy atom. The quantitative estimate of drug-likeness (QED) is 0.0978. The van der Waals surface area contributed by atoms with Crippen LogP contribution in [0.3, 0.4) is 0 Å². The number of hydrogen-bond donors (Lipinski definition) is 7. The molecule has 0 aliphatic carbocycles. The van der Waals surface area contributed by atoms with Crippen LogP contribution in [0.4, 0.5) is 0 Å². The van der Waals surface area contributed by atoms with Gasteiger partial charge in [-0.1, -0.05) is 36.8 Å². The van der Waals surface area contributed by atoms with Gasteiger partial charge in [-0.3, -0.25) is 14.6 Å². The number of unbranched alkanes of at least 4 members (excludes halogenated alkanes) is 1. The molecule has 0 bridgehead atoms. The number of guanidine groups is 1. The standard InChI is InChI=1S/C21H35N7O4/c22-11-5-4-9-15(23)18(29)28-17(13-14-7-2-1-3-8-14)19(30)27-16(20(31)32)10-6-12-26-21(24)25/h1-3,7-8,15-17H,4-6,9-13,22-23H2,(H,27,30)(H,28,29)(H,31,32)(H4,24,25,26)/t15-,16-,17-/m0/s1. The zero-order chi connectivity index (χ0) is 23.9. The summed E-state index contributed by atoms with van der Waals surface area (Å²) in [6.07, 6.45) is 2.55. The Kier molecular flexibility index (Phi) is 12.4. The maximum atomic E-state index is 12.9. The predicted octanol–water partition coefficient (Wildman–Crippen LogP) is -1.21. The number of hydrogen-bond acceptors (Lipinski definition) is 6. The van der Waals surface area contributed by atoms with Crippen molar-refractivity contribution in [2.75, 3.05) is 13.1 Å². The first-order valence-electron chi connectivity index (χ1n) is 10.6. The fraction of sp³-hybridized carbons (Fsp3) is 0.524. The summed E-state index contributed by atoms with van der Waals surface area (Å²) in [4.78, 5) is 40.8. The minimum Gasteiger partial charge on any atom is -0.480 e. The van der Waals surface area contributed by atoms with Crippen LogP contribution in [0.15, 0.2) is 35.3 Å². The van der Waals surface area contributed by atoms with Gasteiger partial charge < -0.3 is 38.7 Å². The Hall–Kier alpha value is -3.18. The van der Waals surface area contributed by atoms with E-state index in [2.05, 4.69) is 15.6 Å². The molecule has 0 saturated carbocycles. The van der Waals surface area contributed by atoms with E-state index < -0.39 is 35.9 Å². The first-order chi connectivity index (χ1) is 15.2. The van der Waals surface area contributed by atoms with E-state index in [-0.39, 0.29) is 25.3 Å². The molecule has 0 aliphatic rings. The topological polar surface area (TPSA) is 212 Å². The molecule has 32 heavy (non-hydrogen) atoms. The van der Waals surface area contributed by atoms with Gasteiger partial charge in [-0.2, -0.15) is 0 Å². The summed E-state index contributed by atoms with van der Waals surface area (Å²) >= 11 is 0.